The van der Waals surface area contributed by atoms with Gasteiger partial charge in [-0.2, -0.15) is 0 Å². The first kappa shape index (κ1) is 35.3. The van der Waals surface area contributed by atoms with Gasteiger partial charge in [0, 0.05) is 43.2 Å². The van der Waals surface area contributed by atoms with E-state index in [0.717, 1.165) is 27.6 Å². The third-order valence-electron chi connectivity index (χ3n) is 8.56. The zero-order chi connectivity index (χ0) is 34.6. The van der Waals surface area contributed by atoms with Crippen LogP contribution in [0.1, 0.15) is 23.6 Å². The third-order valence-corrected chi connectivity index (χ3v) is 8.56. The van der Waals surface area contributed by atoms with Crippen LogP contribution < -0.4 is 21.3 Å². The van der Waals surface area contributed by atoms with Crippen LogP contribution in [0.4, 0.5) is 0 Å². The van der Waals surface area contributed by atoms with Gasteiger partial charge in [-0.05, 0) is 36.1 Å². The summed E-state index contributed by atoms with van der Waals surface area (Å²) in [5, 5.41) is 23.3. The van der Waals surface area contributed by atoms with Crippen LogP contribution in [0.5, 0.6) is 0 Å². The lowest BCUT2D eigenvalue weighted by Crippen LogP contribution is -2.58. The number of fused-ring (bicyclic) bond motifs is 1. The van der Waals surface area contributed by atoms with E-state index in [1.165, 1.54) is 0 Å². The summed E-state index contributed by atoms with van der Waals surface area (Å²) < 4.78 is 5.34. The number of carbonyl (C=O) groups excluding carboxylic acids is 4. The van der Waals surface area contributed by atoms with Gasteiger partial charge in [0.05, 0.1) is 25.8 Å². The molecular formula is C37H44N6O6. The predicted octanol–water partition coefficient (Wildman–Crippen LogP) is 1.44. The topological polar surface area (TPSA) is 165 Å². The van der Waals surface area contributed by atoms with Gasteiger partial charge >= 0.3 is 0 Å². The highest BCUT2D eigenvalue weighted by Crippen LogP contribution is 2.20. The Labute approximate surface area is 285 Å². The molecule has 1 fully saturated rings. The minimum absolute atomic E-state index is 0.115. The van der Waals surface area contributed by atoms with Crippen LogP contribution in [-0.2, 0) is 43.3 Å². The van der Waals surface area contributed by atoms with Gasteiger partial charge in [-0.15, -0.1) is 0 Å². The molecule has 4 aromatic rings. The molecule has 0 radical (unpaired) electrons. The zero-order valence-corrected chi connectivity index (χ0v) is 27.6. The van der Waals surface area contributed by atoms with Crippen molar-refractivity contribution in [3.8, 4) is 0 Å². The fraction of sp³-hybridized carbons (Fsp3) is 0.351. The monoisotopic (exact) mass is 668 g/mol. The molecule has 1 aliphatic heterocycles. The Hall–Kier alpha value is -5.04. The summed E-state index contributed by atoms with van der Waals surface area (Å²) in [6.07, 6.45) is 0.479. The van der Waals surface area contributed by atoms with Crippen LogP contribution in [0, 0.1) is 0 Å². The Bertz CT molecular complexity index is 1690. The van der Waals surface area contributed by atoms with Gasteiger partial charge in [-0.1, -0.05) is 78.9 Å². The van der Waals surface area contributed by atoms with Crippen molar-refractivity contribution in [2.75, 3.05) is 32.8 Å². The number of hydrogen-bond donors (Lipinski definition) is 6. The van der Waals surface area contributed by atoms with Crippen LogP contribution in [-0.4, -0.2) is 95.7 Å². The van der Waals surface area contributed by atoms with Crippen molar-refractivity contribution < 1.29 is 29.0 Å². The van der Waals surface area contributed by atoms with Crippen molar-refractivity contribution in [3.63, 3.8) is 0 Å². The van der Waals surface area contributed by atoms with Crippen LogP contribution in [0.2, 0.25) is 0 Å². The number of benzene rings is 3. The standard InChI is InChI=1S/C37H44N6O6/c1-25(40-33(44)24-43-16-18-49-19-17-43)35(46)42-32(21-28-23-38-30-15-9-8-14-29(28)30)36(47)41-31(20-26-10-4-2-5-11-26)34(45)37(48)39-22-27-12-6-3-7-13-27/h2-15,23,25,31-32,34,38,45H,16-22,24H2,1H3,(H,39,48)(H,40,44)(H,41,47)(H,42,46)/t25-,31?,32-,34?/m0/s1. The van der Waals surface area contributed by atoms with Crippen molar-refractivity contribution in [1.82, 2.24) is 31.2 Å². The van der Waals surface area contributed by atoms with Gasteiger partial charge in [0.15, 0.2) is 6.10 Å². The first-order valence-corrected chi connectivity index (χ1v) is 16.6. The van der Waals surface area contributed by atoms with E-state index in [2.05, 4.69) is 26.3 Å². The van der Waals surface area contributed by atoms with E-state index in [1.54, 1.807) is 13.1 Å². The Morgan fingerprint density at radius 3 is 2.16 bits per heavy atom. The van der Waals surface area contributed by atoms with Crippen molar-refractivity contribution in [1.29, 1.82) is 0 Å². The number of nitrogens with zero attached hydrogens (tertiary/aromatic N) is 1. The van der Waals surface area contributed by atoms with Gasteiger partial charge < -0.3 is 36.1 Å². The molecule has 0 saturated carbocycles. The molecule has 12 heteroatoms. The number of para-hydroxylation sites is 1. The lowest BCUT2D eigenvalue weighted by atomic mass is 9.98. The Morgan fingerprint density at radius 1 is 0.796 bits per heavy atom. The number of aromatic nitrogens is 1. The van der Waals surface area contributed by atoms with Crippen molar-refractivity contribution in [2.24, 2.45) is 0 Å². The molecule has 1 saturated heterocycles. The van der Waals surface area contributed by atoms with E-state index in [1.807, 2.05) is 89.8 Å². The van der Waals surface area contributed by atoms with Gasteiger partial charge in [-0.3, -0.25) is 24.1 Å². The number of ether oxygens (including phenoxy) is 1. The summed E-state index contributed by atoms with van der Waals surface area (Å²) in [6.45, 7) is 4.24. The molecule has 6 N–H and O–H groups in total. The fourth-order valence-corrected chi connectivity index (χ4v) is 5.81. The van der Waals surface area contributed by atoms with Crippen LogP contribution >= 0.6 is 0 Å². The normalized spacial score (nSPS) is 15.8. The first-order chi connectivity index (χ1) is 23.8. The highest BCUT2D eigenvalue weighted by molar-refractivity contribution is 5.93. The van der Waals surface area contributed by atoms with Crippen LogP contribution in [0.25, 0.3) is 10.9 Å². The minimum Gasteiger partial charge on any atom is -0.381 e. The van der Waals surface area contributed by atoms with Crippen LogP contribution in [0.3, 0.4) is 0 Å². The molecule has 5 rings (SSSR count). The number of aromatic amines is 1. The van der Waals surface area contributed by atoms with E-state index in [4.69, 9.17) is 4.74 Å². The molecule has 2 heterocycles. The summed E-state index contributed by atoms with van der Waals surface area (Å²) in [7, 11) is 0. The number of aliphatic hydroxyl groups is 1. The third kappa shape index (κ3) is 10.2. The maximum atomic E-state index is 14.1. The Balaban J connectivity index is 1.32. The maximum absolute atomic E-state index is 14.1. The molecule has 0 aliphatic carbocycles. The highest BCUT2D eigenvalue weighted by Gasteiger charge is 2.32. The van der Waals surface area contributed by atoms with E-state index in [9.17, 15) is 24.3 Å². The summed E-state index contributed by atoms with van der Waals surface area (Å²) in [4.78, 5) is 58.6. The zero-order valence-electron chi connectivity index (χ0n) is 27.6. The quantitative estimate of drug-likeness (QED) is 0.112. The SMILES string of the molecule is C[C@H](NC(=O)CN1CCOCC1)C(=O)N[C@@H](Cc1c[nH]c2ccccc12)C(=O)NC(Cc1ccccc1)C(O)C(=O)NCc1ccccc1. The number of aliphatic hydroxyl groups excluding tert-OH is 1. The smallest absolute Gasteiger partial charge is 0.251 e. The second kappa shape index (κ2) is 17.4. The fourth-order valence-electron chi connectivity index (χ4n) is 5.81. The molecule has 2 unspecified atom stereocenters. The lowest BCUT2D eigenvalue weighted by molar-refractivity contribution is -0.134. The molecule has 258 valence electrons. The molecule has 4 amide bonds. The van der Waals surface area contributed by atoms with E-state index < -0.39 is 42.0 Å². The largest absolute Gasteiger partial charge is 0.381 e. The van der Waals surface area contributed by atoms with Gasteiger partial charge in [-0.25, -0.2) is 0 Å². The van der Waals surface area contributed by atoms with Crippen molar-refractivity contribution in [3.05, 3.63) is 108 Å². The summed E-state index contributed by atoms with van der Waals surface area (Å²) in [5.41, 5.74) is 3.33. The van der Waals surface area contributed by atoms with E-state index in [0.29, 0.717) is 26.3 Å². The Kier molecular flexibility index (Phi) is 12.5. The number of rotatable bonds is 15. The summed E-state index contributed by atoms with van der Waals surface area (Å²) >= 11 is 0. The van der Waals surface area contributed by atoms with Gasteiger partial charge in [0.25, 0.3) is 5.91 Å². The van der Waals surface area contributed by atoms with Gasteiger partial charge in [0.1, 0.15) is 12.1 Å². The molecule has 0 spiro atoms. The molecule has 1 aliphatic rings. The molecule has 0 bridgehead atoms. The van der Waals surface area contributed by atoms with Crippen molar-refractivity contribution in [2.45, 2.75) is 50.5 Å². The molecule has 12 nitrogen and oxygen atoms in total. The molecule has 4 atom stereocenters. The number of carbonyl (C=O) groups is 4. The predicted molar refractivity (Wildman–Crippen MR) is 185 cm³/mol. The first-order valence-electron chi connectivity index (χ1n) is 16.6. The lowest BCUT2D eigenvalue weighted by Gasteiger charge is -2.28. The number of hydrogen-bond acceptors (Lipinski definition) is 7. The molecular weight excluding hydrogens is 624 g/mol. The average Bonchev–Trinajstić information content (AvgIpc) is 3.53. The average molecular weight is 669 g/mol. The second-order valence-electron chi connectivity index (χ2n) is 12.3. The van der Waals surface area contributed by atoms with E-state index in [-0.39, 0.29) is 31.8 Å². The molecule has 1 aromatic heterocycles. The Morgan fingerprint density at radius 2 is 1.45 bits per heavy atom. The van der Waals surface area contributed by atoms with Gasteiger partial charge in [0.2, 0.25) is 17.7 Å². The summed E-state index contributed by atoms with van der Waals surface area (Å²) in [6, 6.07) is 23.1. The number of morpholine rings is 1. The van der Waals surface area contributed by atoms with E-state index >= 15 is 0 Å². The molecule has 49 heavy (non-hydrogen) atoms. The minimum atomic E-state index is -1.59. The number of H-pyrrole nitrogens is 1. The summed E-state index contributed by atoms with van der Waals surface area (Å²) in [5.74, 6) is -2.08. The van der Waals surface area contributed by atoms with Crippen LogP contribution in [0.15, 0.2) is 91.1 Å². The maximum Gasteiger partial charge on any atom is 0.251 e. The molecule has 3 aromatic carbocycles. The number of nitrogens with one attached hydrogen (secondary N) is 5. The van der Waals surface area contributed by atoms with Crippen molar-refractivity contribution >= 4 is 34.5 Å². The number of amides is 4. The second-order valence-corrected chi connectivity index (χ2v) is 12.3. The highest BCUT2D eigenvalue weighted by atomic mass is 16.5.